The average molecular weight is 528 g/mol. The van der Waals surface area contributed by atoms with Crippen LogP contribution in [0.5, 0.6) is 0 Å². The van der Waals surface area contributed by atoms with Crippen molar-refractivity contribution in [3.8, 4) is 0 Å². The largest absolute Gasteiger partial charge is 0.870 e. The molecule has 0 atom stereocenters. The molecule has 0 heterocycles. The summed E-state index contributed by atoms with van der Waals surface area (Å²) in [7, 11) is 0. The van der Waals surface area contributed by atoms with Crippen LogP contribution in [0, 0.1) is 12.8 Å². The summed E-state index contributed by atoms with van der Waals surface area (Å²) in [5.41, 5.74) is 2.10. The Morgan fingerprint density at radius 2 is 0.514 bits per heavy atom. The number of carbonyl (C=O) groups is 4. The van der Waals surface area contributed by atoms with Gasteiger partial charge in [-0.05, 0) is 0 Å². The van der Waals surface area contributed by atoms with Crippen molar-refractivity contribution >= 4 is 23.1 Å². The molecule has 0 aromatic heterocycles. The molecule has 188 valence electrons. The first-order valence-electron chi connectivity index (χ1n) is 10.6. The minimum atomic E-state index is -0.264. The van der Waals surface area contributed by atoms with E-state index in [2.05, 4.69) is 0 Å². The molecule has 0 unspecified atom stereocenters. The molecule has 0 saturated heterocycles. The molecule has 0 radical (unpaired) electrons. The van der Waals surface area contributed by atoms with E-state index in [0.29, 0.717) is 22.3 Å². The van der Waals surface area contributed by atoms with Crippen LogP contribution in [0.25, 0.3) is 0 Å². The van der Waals surface area contributed by atoms with Gasteiger partial charge in [-0.1, -0.05) is 108 Å². The fourth-order valence-corrected chi connectivity index (χ4v) is 2.98. The molecule has 0 aliphatic heterocycles. The minimum Gasteiger partial charge on any atom is -0.870 e. The van der Waals surface area contributed by atoms with Crippen molar-refractivity contribution in [3.63, 3.8) is 0 Å². The molecule has 0 spiro atoms. The molecule has 6 nitrogen and oxygen atoms in total. The van der Waals surface area contributed by atoms with E-state index in [1.165, 1.54) is 0 Å². The Morgan fingerprint density at radius 1 is 0.351 bits per heavy atom. The average Bonchev–Trinajstić information content (AvgIpc) is 2.91. The molecule has 7 heteroatoms. The SMILES string of the molecule is O=C([CH-]C(=O)c1ccccc1)c1ccccc1.O=C([CH-]C(=O)c1ccccc1)c1ccccc1.[OH-].[OH-].[Ti]. The van der Waals surface area contributed by atoms with Crippen LogP contribution in [0.1, 0.15) is 41.4 Å². The van der Waals surface area contributed by atoms with Crippen molar-refractivity contribution in [3.05, 3.63) is 156 Å². The van der Waals surface area contributed by atoms with Gasteiger partial charge in [0.05, 0.1) is 23.1 Å². The van der Waals surface area contributed by atoms with Gasteiger partial charge >= 0.3 is 0 Å². The first-order chi connectivity index (χ1) is 16.5. The zero-order chi connectivity index (χ0) is 24.2. The molecule has 0 aliphatic carbocycles. The summed E-state index contributed by atoms with van der Waals surface area (Å²) < 4.78 is 0. The number of carbonyl (C=O) groups excluding carboxylic acids is 4. The maximum Gasteiger partial charge on any atom is 0.0832 e. The summed E-state index contributed by atoms with van der Waals surface area (Å²) in [5.74, 6) is -1.06. The van der Waals surface area contributed by atoms with E-state index in [1.54, 1.807) is 97.1 Å². The summed E-state index contributed by atoms with van der Waals surface area (Å²) in [6.45, 7) is 0. The monoisotopic (exact) mass is 528 g/mol. The van der Waals surface area contributed by atoms with Crippen molar-refractivity contribution < 1.29 is 51.8 Å². The molecule has 4 rings (SSSR count). The van der Waals surface area contributed by atoms with Crippen LogP contribution in [-0.4, -0.2) is 34.1 Å². The molecule has 37 heavy (non-hydrogen) atoms. The fourth-order valence-electron chi connectivity index (χ4n) is 2.98. The second kappa shape index (κ2) is 17.4. The Labute approximate surface area is 230 Å². The number of Topliss-reactive ketones (excluding diaryl/α,β-unsaturated/α-hetero) is 4. The quantitative estimate of drug-likeness (QED) is 0.128. The Bertz CT molecular complexity index is 1040. The van der Waals surface area contributed by atoms with E-state index < -0.39 is 0 Å². The standard InChI is InChI=1S/2C15H11O2.2H2O.Ti/c2*16-14(12-7-3-1-4-8-12)11-15(17)13-9-5-2-6-10-13;;;/h2*1-11H;2*1H2;/q2*-1;;;/p-2. The van der Waals surface area contributed by atoms with Gasteiger partial charge in [0.25, 0.3) is 0 Å². The van der Waals surface area contributed by atoms with Gasteiger partial charge in [0.2, 0.25) is 0 Å². The molecule has 0 fully saturated rings. The summed E-state index contributed by atoms with van der Waals surface area (Å²) >= 11 is 0. The molecular weight excluding hydrogens is 504 g/mol. The van der Waals surface area contributed by atoms with Crippen LogP contribution in [0.4, 0.5) is 0 Å². The third kappa shape index (κ3) is 10.6. The van der Waals surface area contributed by atoms with Gasteiger partial charge in [0, 0.05) is 21.7 Å². The van der Waals surface area contributed by atoms with E-state index in [0.717, 1.165) is 12.8 Å². The van der Waals surface area contributed by atoms with Crippen LogP contribution in [0.15, 0.2) is 121 Å². The fraction of sp³-hybridized carbons (Fsp3) is 0. The molecule has 0 amide bonds. The van der Waals surface area contributed by atoms with Gasteiger partial charge in [-0.25, -0.2) is 0 Å². The summed E-state index contributed by atoms with van der Waals surface area (Å²) in [4.78, 5) is 47.0. The molecular formula is C30H24O6Ti-4. The van der Waals surface area contributed by atoms with Crippen molar-refractivity contribution in [1.29, 1.82) is 0 Å². The predicted octanol–water partition coefficient (Wildman–Crippen LogP) is 5.56. The van der Waals surface area contributed by atoms with Gasteiger partial charge < -0.3 is 30.1 Å². The summed E-state index contributed by atoms with van der Waals surface area (Å²) in [5, 5.41) is 0. The number of hydrogen-bond acceptors (Lipinski definition) is 6. The van der Waals surface area contributed by atoms with Gasteiger partial charge in [-0.2, -0.15) is 0 Å². The van der Waals surface area contributed by atoms with Gasteiger partial charge in [-0.15, -0.1) is 48.5 Å². The molecule has 0 aliphatic rings. The van der Waals surface area contributed by atoms with Crippen LogP contribution in [0.2, 0.25) is 0 Å². The van der Waals surface area contributed by atoms with Crippen LogP contribution in [0.3, 0.4) is 0 Å². The maximum absolute atomic E-state index is 11.8. The van der Waals surface area contributed by atoms with Crippen LogP contribution in [-0.2, 0) is 21.7 Å². The molecule has 0 saturated carbocycles. The van der Waals surface area contributed by atoms with E-state index in [-0.39, 0.29) is 55.8 Å². The van der Waals surface area contributed by atoms with E-state index in [9.17, 15) is 19.2 Å². The van der Waals surface area contributed by atoms with E-state index in [1.807, 2.05) is 24.3 Å². The maximum atomic E-state index is 11.8. The summed E-state index contributed by atoms with van der Waals surface area (Å²) in [6.07, 6.45) is 2.26. The number of hydrogen-bond donors (Lipinski definition) is 0. The third-order valence-electron chi connectivity index (χ3n) is 4.76. The minimum absolute atomic E-state index is 0. The Hall–Kier alpha value is -4.07. The Balaban J connectivity index is 0.000000648. The van der Waals surface area contributed by atoms with E-state index >= 15 is 0 Å². The van der Waals surface area contributed by atoms with Gasteiger partial charge in [-0.3, -0.25) is 0 Å². The van der Waals surface area contributed by atoms with Crippen LogP contribution < -0.4 is 0 Å². The number of rotatable bonds is 8. The van der Waals surface area contributed by atoms with Crippen LogP contribution >= 0.6 is 0 Å². The van der Waals surface area contributed by atoms with Crippen molar-refractivity contribution in [1.82, 2.24) is 0 Å². The number of ketones is 4. The normalized spacial score (nSPS) is 8.86. The summed E-state index contributed by atoms with van der Waals surface area (Å²) in [6, 6.07) is 35.0. The molecule has 4 aromatic rings. The second-order valence-electron chi connectivity index (χ2n) is 7.21. The molecule has 2 N–H and O–H groups in total. The van der Waals surface area contributed by atoms with Crippen molar-refractivity contribution in [2.45, 2.75) is 0 Å². The Morgan fingerprint density at radius 3 is 0.676 bits per heavy atom. The molecule has 4 aromatic carbocycles. The zero-order valence-electron chi connectivity index (χ0n) is 19.7. The second-order valence-corrected chi connectivity index (χ2v) is 7.21. The zero-order valence-corrected chi connectivity index (χ0v) is 21.3. The topological polar surface area (TPSA) is 128 Å². The molecule has 0 bridgehead atoms. The van der Waals surface area contributed by atoms with Crippen molar-refractivity contribution in [2.75, 3.05) is 0 Å². The first kappa shape index (κ1) is 32.9. The smallest absolute Gasteiger partial charge is 0.0832 e. The van der Waals surface area contributed by atoms with Gasteiger partial charge in [0.1, 0.15) is 0 Å². The van der Waals surface area contributed by atoms with E-state index in [4.69, 9.17) is 0 Å². The first-order valence-corrected chi connectivity index (χ1v) is 10.6. The van der Waals surface area contributed by atoms with Crippen molar-refractivity contribution in [2.24, 2.45) is 0 Å². The van der Waals surface area contributed by atoms with Gasteiger partial charge in [0.15, 0.2) is 0 Å². The Kier molecular flexibility index (Phi) is 15.5. The predicted molar refractivity (Wildman–Crippen MR) is 136 cm³/mol. The third-order valence-corrected chi connectivity index (χ3v) is 4.76. The number of benzene rings is 4.